The van der Waals surface area contributed by atoms with E-state index in [1.54, 1.807) is 18.6 Å². The summed E-state index contributed by atoms with van der Waals surface area (Å²) in [6.45, 7) is 7.59. The molecule has 184 valence electrons. The Hall–Kier alpha value is -3.65. The SMILES string of the molecule is N#Cc1cc(-c2ccnc(Nc3ccc(CN4CCOCC4)nc3)n2)cnc1N1CCC2(COC2)C1. The van der Waals surface area contributed by atoms with E-state index in [2.05, 4.69) is 41.1 Å². The van der Waals surface area contributed by atoms with Gasteiger partial charge in [-0.25, -0.2) is 15.0 Å². The number of nitrogens with zero attached hydrogens (tertiary/aromatic N) is 7. The van der Waals surface area contributed by atoms with Gasteiger partial charge in [-0.2, -0.15) is 5.26 Å². The zero-order valence-corrected chi connectivity index (χ0v) is 20.1. The highest BCUT2D eigenvalue weighted by molar-refractivity contribution is 5.67. The summed E-state index contributed by atoms with van der Waals surface area (Å²) in [4.78, 5) is 22.8. The van der Waals surface area contributed by atoms with Crippen molar-refractivity contribution in [1.82, 2.24) is 24.8 Å². The van der Waals surface area contributed by atoms with Crippen molar-refractivity contribution in [3.05, 3.63) is 54.1 Å². The molecule has 3 aromatic rings. The molecule has 3 saturated heterocycles. The van der Waals surface area contributed by atoms with E-state index in [9.17, 15) is 5.26 Å². The van der Waals surface area contributed by atoms with Crippen LogP contribution >= 0.6 is 0 Å². The topological polar surface area (TPSA) is 112 Å². The molecule has 0 saturated carbocycles. The van der Waals surface area contributed by atoms with Crippen LogP contribution in [0.15, 0.2) is 42.9 Å². The van der Waals surface area contributed by atoms with Crippen LogP contribution in [0, 0.1) is 16.7 Å². The second-order valence-corrected chi connectivity index (χ2v) is 9.69. The molecule has 36 heavy (non-hydrogen) atoms. The second kappa shape index (κ2) is 9.78. The van der Waals surface area contributed by atoms with E-state index in [4.69, 9.17) is 9.47 Å². The molecule has 0 aliphatic carbocycles. The minimum Gasteiger partial charge on any atom is -0.380 e. The zero-order chi connectivity index (χ0) is 24.4. The van der Waals surface area contributed by atoms with Gasteiger partial charge in [0, 0.05) is 56.1 Å². The number of aromatic nitrogens is 4. The predicted molar refractivity (Wildman–Crippen MR) is 134 cm³/mol. The Kier molecular flexibility index (Phi) is 6.19. The number of ether oxygens (including phenoxy) is 2. The number of anilines is 3. The van der Waals surface area contributed by atoms with Crippen molar-refractivity contribution in [1.29, 1.82) is 5.26 Å². The predicted octanol–water partition coefficient (Wildman–Crippen LogP) is 2.61. The van der Waals surface area contributed by atoms with Gasteiger partial charge in [-0.3, -0.25) is 9.88 Å². The second-order valence-electron chi connectivity index (χ2n) is 9.69. The fraction of sp³-hybridized carbons (Fsp3) is 0.423. The van der Waals surface area contributed by atoms with Gasteiger partial charge >= 0.3 is 0 Å². The lowest BCUT2D eigenvalue weighted by Gasteiger charge is -2.37. The van der Waals surface area contributed by atoms with Gasteiger partial charge in [-0.15, -0.1) is 0 Å². The van der Waals surface area contributed by atoms with E-state index in [-0.39, 0.29) is 5.41 Å². The van der Waals surface area contributed by atoms with Gasteiger partial charge in [0.1, 0.15) is 11.9 Å². The molecule has 3 fully saturated rings. The summed E-state index contributed by atoms with van der Waals surface area (Å²) < 4.78 is 10.8. The summed E-state index contributed by atoms with van der Waals surface area (Å²) in [6.07, 6.45) is 6.36. The van der Waals surface area contributed by atoms with Gasteiger partial charge in [0.15, 0.2) is 0 Å². The maximum absolute atomic E-state index is 9.82. The van der Waals surface area contributed by atoms with E-state index in [1.807, 2.05) is 24.3 Å². The normalized spacial score (nSPS) is 19.1. The van der Waals surface area contributed by atoms with Crippen LogP contribution in [0.2, 0.25) is 0 Å². The zero-order valence-electron chi connectivity index (χ0n) is 20.1. The third-order valence-corrected chi connectivity index (χ3v) is 7.06. The Morgan fingerprint density at radius 2 is 1.92 bits per heavy atom. The first-order valence-corrected chi connectivity index (χ1v) is 12.3. The van der Waals surface area contributed by atoms with E-state index in [0.717, 1.165) is 88.3 Å². The number of hydrogen-bond donors (Lipinski definition) is 1. The molecule has 3 aliphatic rings. The first-order chi connectivity index (χ1) is 17.7. The molecular formula is C26H28N8O2. The highest BCUT2D eigenvalue weighted by Crippen LogP contribution is 2.40. The average Bonchev–Trinajstić information content (AvgIpc) is 3.37. The molecule has 3 aliphatic heterocycles. The third kappa shape index (κ3) is 4.73. The number of rotatable bonds is 6. The fourth-order valence-electron chi connectivity index (χ4n) is 4.96. The maximum atomic E-state index is 9.82. The maximum Gasteiger partial charge on any atom is 0.227 e. The van der Waals surface area contributed by atoms with Crippen molar-refractivity contribution in [2.75, 3.05) is 62.8 Å². The van der Waals surface area contributed by atoms with Crippen molar-refractivity contribution >= 4 is 17.5 Å². The van der Waals surface area contributed by atoms with Crippen molar-refractivity contribution in [2.45, 2.75) is 13.0 Å². The third-order valence-electron chi connectivity index (χ3n) is 7.06. The van der Waals surface area contributed by atoms with Crippen LogP contribution in [-0.2, 0) is 16.0 Å². The summed E-state index contributed by atoms with van der Waals surface area (Å²) in [7, 11) is 0. The molecule has 0 aromatic carbocycles. The van der Waals surface area contributed by atoms with E-state index in [0.29, 0.717) is 17.2 Å². The molecule has 0 unspecified atom stereocenters. The standard InChI is InChI=1S/C26H28N8O2/c27-12-19-11-20(13-30-24(19)34-6-4-26(16-34)17-36-18-26)23-3-5-28-25(32-23)31-21-1-2-22(29-14-21)15-33-7-9-35-10-8-33/h1-3,5,11,13-14H,4,6-10,15-18H2,(H,28,31,32). The number of nitriles is 1. The summed E-state index contributed by atoms with van der Waals surface area (Å²) in [5.74, 6) is 1.20. The van der Waals surface area contributed by atoms with E-state index < -0.39 is 0 Å². The highest BCUT2D eigenvalue weighted by Gasteiger charge is 2.45. The lowest BCUT2D eigenvalue weighted by molar-refractivity contribution is -0.0985. The smallest absolute Gasteiger partial charge is 0.227 e. The summed E-state index contributed by atoms with van der Waals surface area (Å²) in [6, 6.07) is 10.0. The van der Waals surface area contributed by atoms with Gasteiger partial charge in [0.2, 0.25) is 5.95 Å². The Morgan fingerprint density at radius 3 is 2.64 bits per heavy atom. The van der Waals surface area contributed by atoms with Crippen LogP contribution in [-0.4, -0.2) is 77.4 Å². The molecule has 0 amide bonds. The molecule has 1 N–H and O–H groups in total. The van der Waals surface area contributed by atoms with Gasteiger partial charge in [0.25, 0.3) is 0 Å². The molecule has 0 radical (unpaired) electrons. The van der Waals surface area contributed by atoms with Crippen molar-refractivity contribution in [3.8, 4) is 17.3 Å². The summed E-state index contributed by atoms with van der Waals surface area (Å²) >= 11 is 0. The Labute approximate surface area is 209 Å². The quantitative estimate of drug-likeness (QED) is 0.560. The molecule has 10 heteroatoms. The minimum absolute atomic E-state index is 0.232. The monoisotopic (exact) mass is 484 g/mol. The molecule has 1 spiro atoms. The van der Waals surface area contributed by atoms with Crippen LogP contribution in [0.25, 0.3) is 11.3 Å². The van der Waals surface area contributed by atoms with Crippen LogP contribution in [0.1, 0.15) is 17.7 Å². The van der Waals surface area contributed by atoms with Gasteiger partial charge in [0.05, 0.1) is 55.3 Å². The van der Waals surface area contributed by atoms with Crippen LogP contribution in [0.5, 0.6) is 0 Å². The summed E-state index contributed by atoms with van der Waals surface area (Å²) in [5, 5.41) is 13.1. The molecule has 6 rings (SSSR count). The number of hydrogen-bond acceptors (Lipinski definition) is 10. The van der Waals surface area contributed by atoms with Crippen molar-refractivity contribution in [3.63, 3.8) is 0 Å². The molecular weight excluding hydrogens is 456 g/mol. The first kappa shape index (κ1) is 22.8. The van der Waals surface area contributed by atoms with Crippen molar-refractivity contribution < 1.29 is 9.47 Å². The van der Waals surface area contributed by atoms with E-state index >= 15 is 0 Å². The number of morpholine rings is 1. The Morgan fingerprint density at radius 1 is 1.03 bits per heavy atom. The van der Waals surface area contributed by atoms with Gasteiger partial charge < -0.3 is 19.7 Å². The Bertz CT molecular complexity index is 1270. The average molecular weight is 485 g/mol. The molecule has 0 bridgehead atoms. The van der Waals surface area contributed by atoms with Crippen LogP contribution < -0.4 is 10.2 Å². The minimum atomic E-state index is 0.232. The van der Waals surface area contributed by atoms with Crippen molar-refractivity contribution in [2.24, 2.45) is 5.41 Å². The lowest BCUT2D eigenvalue weighted by Crippen LogP contribution is -2.44. The van der Waals surface area contributed by atoms with Crippen LogP contribution in [0.3, 0.4) is 0 Å². The fourth-order valence-corrected chi connectivity index (χ4v) is 4.96. The largest absolute Gasteiger partial charge is 0.380 e. The van der Waals surface area contributed by atoms with Gasteiger partial charge in [-0.1, -0.05) is 0 Å². The number of nitrogens with one attached hydrogen (secondary N) is 1. The van der Waals surface area contributed by atoms with Crippen LogP contribution in [0.4, 0.5) is 17.5 Å². The van der Waals surface area contributed by atoms with Gasteiger partial charge in [-0.05, 0) is 30.7 Å². The molecule has 10 nitrogen and oxygen atoms in total. The highest BCUT2D eigenvalue weighted by atomic mass is 16.5. The lowest BCUT2D eigenvalue weighted by atomic mass is 9.85. The number of pyridine rings is 2. The molecule has 6 heterocycles. The van der Waals surface area contributed by atoms with E-state index in [1.165, 1.54) is 0 Å². The first-order valence-electron chi connectivity index (χ1n) is 12.3. The summed E-state index contributed by atoms with van der Waals surface area (Å²) in [5.41, 5.74) is 4.09. The molecule has 3 aromatic heterocycles. The molecule has 0 atom stereocenters. The Balaban J connectivity index is 1.15.